The number of esters is 1. The van der Waals surface area contributed by atoms with E-state index >= 15 is 0 Å². The minimum Gasteiger partial charge on any atom is -0.469 e. The molecule has 1 amide bonds. The second-order valence-corrected chi connectivity index (χ2v) is 7.07. The molecule has 1 aromatic carbocycles. The first kappa shape index (κ1) is 19.2. The minimum atomic E-state index is -0.447. The lowest BCUT2D eigenvalue weighted by Gasteiger charge is -2.30. The first-order valence-electron chi connectivity index (χ1n) is 8.45. The summed E-state index contributed by atoms with van der Waals surface area (Å²) in [4.78, 5) is 25.6. The molecule has 1 saturated heterocycles. The van der Waals surface area contributed by atoms with Gasteiger partial charge >= 0.3 is 5.97 Å². The Morgan fingerprint density at radius 1 is 1.30 bits per heavy atom. The van der Waals surface area contributed by atoms with Crippen LogP contribution in [0.15, 0.2) is 29.4 Å². The Kier molecular flexibility index (Phi) is 5.94. The molecule has 0 radical (unpaired) electrons. The number of ether oxygens (including phenoxy) is 1. The molecule has 0 saturated carbocycles. The molecule has 2 N–H and O–H groups in total. The standard InChI is InChI=1S/C17H20FN5O3S/c1-26-16(25)11-6-8-22(9-7-11)14(24)10-27-17-21-20-15(23(17)19)12-4-2-3-5-13(12)18/h2-5,11H,6-10,19H2,1H3. The first-order valence-corrected chi connectivity index (χ1v) is 9.43. The highest BCUT2D eigenvalue weighted by Crippen LogP contribution is 2.24. The number of nitrogens with zero attached hydrogens (tertiary/aromatic N) is 4. The molecule has 8 nitrogen and oxygen atoms in total. The van der Waals surface area contributed by atoms with Crippen LogP contribution in [0.3, 0.4) is 0 Å². The number of amides is 1. The van der Waals surface area contributed by atoms with Crippen molar-refractivity contribution in [2.45, 2.75) is 18.0 Å². The topological polar surface area (TPSA) is 103 Å². The lowest BCUT2D eigenvalue weighted by molar-refractivity contribution is -0.148. The fraction of sp³-hybridized carbons (Fsp3) is 0.412. The Morgan fingerprint density at radius 2 is 2.00 bits per heavy atom. The van der Waals surface area contributed by atoms with Crippen LogP contribution in [0.25, 0.3) is 11.4 Å². The number of nitrogens with two attached hydrogens (primary N) is 1. The average molecular weight is 393 g/mol. The highest BCUT2D eigenvalue weighted by molar-refractivity contribution is 7.99. The van der Waals surface area contributed by atoms with Crippen molar-refractivity contribution >= 4 is 23.6 Å². The zero-order chi connectivity index (χ0) is 19.4. The second kappa shape index (κ2) is 8.38. The van der Waals surface area contributed by atoms with Crippen molar-refractivity contribution in [1.82, 2.24) is 19.8 Å². The predicted octanol–water partition coefficient (Wildman–Crippen LogP) is 1.30. The molecule has 3 rings (SSSR count). The zero-order valence-corrected chi connectivity index (χ0v) is 15.6. The Bertz CT molecular complexity index is 836. The van der Waals surface area contributed by atoms with Crippen molar-refractivity contribution in [1.29, 1.82) is 0 Å². The van der Waals surface area contributed by atoms with Gasteiger partial charge < -0.3 is 15.5 Å². The van der Waals surface area contributed by atoms with E-state index in [0.717, 1.165) is 11.8 Å². The highest BCUT2D eigenvalue weighted by Gasteiger charge is 2.28. The molecular weight excluding hydrogens is 373 g/mol. The monoisotopic (exact) mass is 393 g/mol. The van der Waals surface area contributed by atoms with Gasteiger partial charge in [0.15, 0.2) is 5.82 Å². The number of carbonyl (C=O) groups excluding carboxylic acids is 2. The van der Waals surface area contributed by atoms with Gasteiger partial charge in [0, 0.05) is 13.1 Å². The van der Waals surface area contributed by atoms with Gasteiger partial charge in [0.25, 0.3) is 0 Å². The number of thioether (sulfide) groups is 1. The fourth-order valence-electron chi connectivity index (χ4n) is 2.95. The third-order valence-electron chi connectivity index (χ3n) is 4.49. The van der Waals surface area contributed by atoms with Gasteiger partial charge in [-0.3, -0.25) is 9.59 Å². The number of hydrogen-bond acceptors (Lipinski definition) is 7. The third kappa shape index (κ3) is 4.21. The van der Waals surface area contributed by atoms with Gasteiger partial charge in [-0.2, -0.15) is 0 Å². The summed E-state index contributed by atoms with van der Waals surface area (Å²) in [5.41, 5.74) is 0.246. The van der Waals surface area contributed by atoms with Gasteiger partial charge in [0.05, 0.1) is 24.3 Å². The van der Waals surface area contributed by atoms with Gasteiger partial charge in [-0.25, -0.2) is 9.07 Å². The van der Waals surface area contributed by atoms with E-state index in [0.29, 0.717) is 31.1 Å². The van der Waals surface area contributed by atoms with E-state index in [1.807, 2.05) is 0 Å². The summed E-state index contributed by atoms with van der Waals surface area (Å²) in [6.07, 6.45) is 1.18. The Hall–Kier alpha value is -2.62. The smallest absolute Gasteiger partial charge is 0.308 e. The van der Waals surface area contributed by atoms with Crippen LogP contribution in [0.1, 0.15) is 12.8 Å². The van der Waals surface area contributed by atoms with Crippen LogP contribution < -0.4 is 5.84 Å². The molecule has 0 aliphatic carbocycles. The summed E-state index contributed by atoms with van der Waals surface area (Å²) in [6.45, 7) is 1.02. The lowest BCUT2D eigenvalue weighted by Crippen LogP contribution is -2.41. The summed E-state index contributed by atoms with van der Waals surface area (Å²) < 4.78 is 19.8. The molecular formula is C17H20FN5O3S. The van der Waals surface area contributed by atoms with E-state index in [4.69, 9.17) is 10.6 Å². The Balaban J connectivity index is 1.57. The maximum atomic E-state index is 13.9. The van der Waals surface area contributed by atoms with Crippen molar-refractivity contribution in [2.75, 3.05) is 31.8 Å². The molecule has 10 heteroatoms. The molecule has 0 atom stereocenters. The first-order chi connectivity index (χ1) is 13.0. The second-order valence-electron chi connectivity index (χ2n) is 6.12. The fourth-order valence-corrected chi connectivity index (χ4v) is 3.71. The Morgan fingerprint density at radius 3 is 2.67 bits per heavy atom. The molecule has 1 aliphatic rings. The van der Waals surface area contributed by atoms with E-state index in [2.05, 4.69) is 10.2 Å². The molecule has 2 aromatic rings. The van der Waals surface area contributed by atoms with Gasteiger partial charge in [-0.15, -0.1) is 10.2 Å². The number of likely N-dealkylation sites (tertiary alicyclic amines) is 1. The van der Waals surface area contributed by atoms with E-state index in [1.165, 1.54) is 17.9 Å². The molecule has 0 unspecified atom stereocenters. The van der Waals surface area contributed by atoms with E-state index in [1.54, 1.807) is 23.1 Å². The number of hydrogen-bond donors (Lipinski definition) is 1. The van der Waals surface area contributed by atoms with Crippen molar-refractivity contribution in [3.63, 3.8) is 0 Å². The molecule has 1 aliphatic heterocycles. The Labute approximate surface area is 159 Å². The van der Waals surface area contributed by atoms with Crippen LogP contribution in [-0.2, 0) is 14.3 Å². The number of piperidine rings is 1. The highest BCUT2D eigenvalue weighted by atomic mass is 32.2. The lowest BCUT2D eigenvalue weighted by atomic mass is 9.97. The molecule has 144 valence electrons. The molecule has 1 aromatic heterocycles. The van der Waals surface area contributed by atoms with Crippen molar-refractivity contribution in [2.24, 2.45) is 5.92 Å². The van der Waals surface area contributed by atoms with Crippen LogP contribution in [-0.4, -0.2) is 57.6 Å². The molecule has 27 heavy (non-hydrogen) atoms. The van der Waals surface area contributed by atoms with Gasteiger partial charge in [-0.1, -0.05) is 23.9 Å². The van der Waals surface area contributed by atoms with E-state index in [-0.39, 0.29) is 34.9 Å². The molecule has 0 bridgehead atoms. The predicted molar refractivity (Wildman–Crippen MR) is 97.6 cm³/mol. The van der Waals surface area contributed by atoms with Gasteiger partial charge in [-0.05, 0) is 25.0 Å². The number of methoxy groups -OCH3 is 1. The maximum absolute atomic E-state index is 13.9. The molecule has 0 spiro atoms. The molecule has 2 heterocycles. The number of aromatic nitrogens is 3. The molecule has 1 fully saturated rings. The van der Waals surface area contributed by atoms with Crippen molar-refractivity contribution < 1.29 is 18.7 Å². The average Bonchev–Trinajstić information content (AvgIpc) is 3.06. The minimum absolute atomic E-state index is 0.0706. The van der Waals surface area contributed by atoms with E-state index < -0.39 is 5.82 Å². The van der Waals surface area contributed by atoms with Crippen LogP contribution in [0.4, 0.5) is 4.39 Å². The summed E-state index contributed by atoms with van der Waals surface area (Å²) >= 11 is 1.14. The van der Waals surface area contributed by atoms with Gasteiger partial charge in [0.2, 0.25) is 11.1 Å². The normalized spacial score (nSPS) is 15.0. The largest absolute Gasteiger partial charge is 0.469 e. The number of nitrogen functional groups attached to an aromatic ring is 1. The summed E-state index contributed by atoms with van der Waals surface area (Å²) in [6, 6.07) is 6.14. The SMILES string of the molecule is COC(=O)C1CCN(C(=O)CSc2nnc(-c3ccccc3F)n2N)CC1. The zero-order valence-electron chi connectivity index (χ0n) is 14.8. The van der Waals surface area contributed by atoms with Crippen LogP contribution >= 0.6 is 11.8 Å². The summed E-state index contributed by atoms with van der Waals surface area (Å²) in [5, 5.41) is 8.20. The number of halogens is 1. The van der Waals surface area contributed by atoms with Crippen LogP contribution in [0.2, 0.25) is 0 Å². The van der Waals surface area contributed by atoms with Crippen LogP contribution in [0, 0.1) is 11.7 Å². The van der Waals surface area contributed by atoms with Crippen molar-refractivity contribution in [3.8, 4) is 11.4 Å². The number of benzene rings is 1. The number of rotatable bonds is 5. The summed E-state index contributed by atoms with van der Waals surface area (Å²) in [7, 11) is 1.37. The third-order valence-corrected chi connectivity index (χ3v) is 5.41. The van der Waals surface area contributed by atoms with Crippen molar-refractivity contribution in [3.05, 3.63) is 30.1 Å². The maximum Gasteiger partial charge on any atom is 0.308 e. The van der Waals surface area contributed by atoms with Crippen LogP contribution in [0.5, 0.6) is 0 Å². The van der Waals surface area contributed by atoms with Gasteiger partial charge in [0.1, 0.15) is 5.82 Å². The summed E-state index contributed by atoms with van der Waals surface area (Å²) in [5.74, 6) is 5.40. The number of carbonyl (C=O) groups is 2. The quantitative estimate of drug-likeness (QED) is 0.464. The van der Waals surface area contributed by atoms with E-state index in [9.17, 15) is 14.0 Å².